The molecule has 0 radical (unpaired) electrons. The van der Waals surface area contributed by atoms with Gasteiger partial charge in [0.05, 0.1) is 18.8 Å². The molecule has 2 atom stereocenters. The van der Waals surface area contributed by atoms with Gasteiger partial charge in [0.1, 0.15) is 0 Å². The van der Waals surface area contributed by atoms with Crippen LogP contribution in [0, 0.1) is 5.92 Å². The van der Waals surface area contributed by atoms with Gasteiger partial charge in [-0.3, -0.25) is 0 Å². The zero-order valence-electron chi connectivity index (χ0n) is 5.91. The van der Waals surface area contributed by atoms with E-state index in [0.717, 1.165) is 0 Å². The van der Waals surface area contributed by atoms with Crippen molar-refractivity contribution in [3.05, 3.63) is 0 Å². The molecule has 56 valence electrons. The summed E-state index contributed by atoms with van der Waals surface area (Å²) in [7, 11) is 0. The highest BCUT2D eigenvalue weighted by atomic mass is 16.3. The van der Waals surface area contributed by atoms with Crippen molar-refractivity contribution in [1.29, 1.82) is 0 Å². The van der Waals surface area contributed by atoms with Crippen molar-refractivity contribution in [1.82, 2.24) is 0 Å². The molecule has 0 rings (SSSR count). The maximum absolute atomic E-state index is 9.11. The Bertz CT molecular complexity index is 75.5. The highest BCUT2D eigenvalue weighted by molar-refractivity contribution is 4.72. The Kier molecular flexibility index (Phi) is 3.77. The Balaban J connectivity index is 3.58. The second-order valence-electron chi connectivity index (χ2n) is 2.58. The van der Waals surface area contributed by atoms with E-state index in [0.29, 0.717) is 0 Å². The van der Waals surface area contributed by atoms with Crippen molar-refractivity contribution in [3.63, 3.8) is 0 Å². The van der Waals surface area contributed by atoms with E-state index in [1.165, 1.54) is 0 Å². The highest BCUT2D eigenvalue weighted by Gasteiger charge is 2.16. The lowest BCUT2D eigenvalue weighted by atomic mass is 10.0. The van der Waals surface area contributed by atoms with E-state index >= 15 is 0 Å². The largest absolute Gasteiger partial charge is 0.395 e. The zero-order valence-corrected chi connectivity index (χ0v) is 5.91. The van der Waals surface area contributed by atoms with Crippen molar-refractivity contribution >= 4 is 0 Å². The van der Waals surface area contributed by atoms with E-state index < -0.39 is 12.1 Å². The van der Waals surface area contributed by atoms with Crippen LogP contribution in [0.1, 0.15) is 13.8 Å². The Hall–Kier alpha value is -0.120. The molecule has 0 aliphatic carbocycles. The van der Waals surface area contributed by atoms with E-state index in [4.69, 9.17) is 15.9 Å². The average molecular weight is 133 g/mol. The van der Waals surface area contributed by atoms with Gasteiger partial charge in [-0.15, -0.1) is 0 Å². The third-order valence-electron chi connectivity index (χ3n) is 1.33. The summed E-state index contributed by atoms with van der Waals surface area (Å²) in [5.74, 6) is 0.118. The van der Waals surface area contributed by atoms with Gasteiger partial charge < -0.3 is 15.9 Å². The van der Waals surface area contributed by atoms with E-state index in [1.807, 2.05) is 13.8 Å². The first-order chi connectivity index (χ1) is 4.09. The molecule has 0 unspecified atom stereocenters. The Labute approximate surface area is 55.5 Å². The predicted molar refractivity (Wildman–Crippen MR) is 35.9 cm³/mol. The van der Waals surface area contributed by atoms with Crippen molar-refractivity contribution in [2.75, 3.05) is 6.61 Å². The summed E-state index contributed by atoms with van der Waals surface area (Å²) >= 11 is 0. The lowest BCUT2D eigenvalue weighted by Gasteiger charge is -2.19. The molecule has 4 N–H and O–H groups in total. The van der Waals surface area contributed by atoms with Gasteiger partial charge >= 0.3 is 0 Å². The van der Waals surface area contributed by atoms with Gasteiger partial charge in [0.2, 0.25) is 0 Å². The van der Waals surface area contributed by atoms with Crippen LogP contribution in [0.15, 0.2) is 0 Å². The molecule has 0 aliphatic heterocycles. The molecular weight excluding hydrogens is 118 g/mol. The van der Waals surface area contributed by atoms with Crippen LogP contribution in [0.25, 0.3) is 0 Å². The average Bonchev–Trinajstić information content (AvgIpc) is 1.84. The summed E-state index contributed by atoms with van der Waals surface area (Å²) in [5.41, 5.74) is 5.32. The molecular formula is C6H15NO2. The number of aliphatic hydroxyl groups excluding tert-OH is 2. The van der Waals surface area contributed by atoms with Crippen molar-refractivity contribution in [2.24, 2.45) is 11.7 Å². The quantitative estimate of drug-likeness (QED) is 0.478. The van der Waals surface area contributed by atoms with Crippen LogP contribution in [0.4, 0.5) is 0 Å². The maximum atomic E-state index is 9.11. The molecule has 0 fully saturated rings. The second kappa shape index (κ2) is 3.82. The molecule has 0 saturated carbocycles. The van der Waals surface area contributed by atoms with Gasteiger partial charge in [-0.25, -0.2) is 0 Å². The Morgan fingerprint density at radius 1 is 1.44 bits per heavy atom. The van der Waals surface area contributed by atoms with Crippen LogP contribution in [-0.4, -0.2) is 29.0 Å². The minimum Gasteiger partial charge on any atom is -0.395 e. The van der Waals surface area contributed by atoms with E-state index in [2.05, 4.69) is 0 Å². The minimum atomic E-state index is -0.588. The van der Waals surface area contributed by atoms with E-state index in [9.17, 15) is 0 Å². The zero-order chi connectivity index (χ0) is 7.44. The van der Waals surface area contributed by atoms with Gasteiger partial charge in [-0.1, -0.05) is 13.8 Å². The van der Waals surface area contributed by atoms with Crippen LogP contribution in [-0.2, 0) is 0 Å². The molecule has 9 heavy (non-hydrogen) atoms. The monoisotopic (exact) mass is 133 g/mol. The van der Waals surface area contributed by atoms with Gasteiger partial charge in [0, 0.05) is 0 Å². The van der Waals surface area contributed by atoms with Crippen LogP contribution in [0.3, 0.4) is 0 Å². The van der Waals surface area contributed by atoms with Crippen molar-refractivity contribution in [3.8, 4) is 0 Å². The molecule has 0 aliphatic rings. The smallest absolute Gasteiger partial charge is 0.0736 e. The summed E-state index contributed by atoms with van der Waals surface area (Å²) in [4.78, 5) is 0. The minimum absolute atomic E-state index is 0.118. The first-order valence-corrected chi connectivity index (χ1v) is 3.14. The standard InChI is InChI=1S/C6H15NO2/c1-4(2)6(9)5(7)3-8/h4-6,8-9H,3,7H2,1-2H3/t5-,6+/m1/s1. The summed E-state index contributed by atoms with van der Waals surface area (Å²) in [6, 6.07) is -0.495. The van der Waals surface area contributed by atoms with Gasteiger partial charge in [-0.05, 0) is 5.92 Å². The molecule has 0 aromatic rings. The van der Waals surface area contributed by atoms with Crippen LogP contribution in [0.5, 0.6) is 0 Å². The summed E-state index contributed by atoms with van der Waals surface area (Å²) < 4.78 is 0. The molecule has 3 nitrogen and oxygen atoms in total. The fourth-order valence-electron chi connectivity index (χ4n) is 0.602. The van der Waals surface area contributed by atoms with Crippen LogP contribution in [0.2, 0.25) is 0 Å². The van der Waals surface area contributed by atoms with Crippen molar-refractivity contribution < 1.29 is 10.2 Å². The number of hydrogen-bond donors (Lipinski definition) is 3. The van der Waals surface area contributed by atoms with Gasteiger partial charge in [0.15, 0.2) is 0 Å². The number of hydrogen-bond acceptors (Lipinski definition) is 3. The first-order valence-electron chi connectivity index (χ1n) is 3.14. The molecule has 0 amide bonds. The van der Waals surface area contributed by atoms with Crippen molar-refractivity contribution in [2.45, 2.75) is 26.0 Å². The second-order valence-corrected chi connectivity index (χ2v) is 2.58. The molecule has 3 heteroatoms. The lowest BCUT2D eigenvalue weighted by Crippen LogP contribution is -2.40. The fourth-order valence-corrected chi connectivity index (χ4v) is 0.602. The predicted octanol–water partition coefficient (Wildman–Crippen LogP) is -0.677. The molecule has 0 spiro atoms. The van der Waals surface area contributed by atoms with E-state index in [-0.39, 0.29) is 12.5 Å². The summed E-state index contributed by atoms with van der Waals surface area (Å²) in [6.45, 7) is 3.57. The van der Waals surface area contributed by atoms with Crippen LogP contribution < -0.4 is 5.73 Å². The van der Waals surface area contributed by atoms with Gasteiger partial charge in [0.25, 0.3) is 0 Å². The molecule has 0 aromatic carbocycles. The molecule has 0 saturated heterocycles. The molecule has 0 bridgehead atoms. The summed E-state index contributed by atoms with van der Waals surface area (Å²) in [6.07, 6.45) is -0.588. The SMILES string of the molecule is CC(C)[C@H](O)[C@H](N)CO. The maximum Gasteiger partial charge on any atom is 0.0736 e. The fraction of sp³-hybridized carbons (Fsp3) is 1.00. The number of nitrogens with two attached hydrogens (primary N) is 1. The highest BCUT2D eigenvalue weighted by Crippen LogP contribution is 2.03. The third-order valence-corrected chi connectivity index (χ3v) is 1.33. The normalized spacial score (nSPS) is 18.0. The van der Waals surface area contributed by atoms with Crippen LogP contribution >= 0.6 is 0 Å². The molecule has 0 aromatic heterocycles. The van der Waals surface area contributed by atoms with Gasteiger partial charge in [-0.2, -0.15) is 0 Å². The third kappa shape index (κ3) is 2.79. The first kappa shape index (κ1) is 8.88. The summed E-state index contributed by atoms with van der Waals surface area (Å²) in [5, 5.41) is 17.6. The molecule has 0 heterocycles. The Morgan fingerprint density at radius 3 is 2.00 bits per heavy atom. The number of rotatable bonds is 3. The number of aliphatic hydroxyl groups is 2. The lowest BCUT2D eigenvalue weighted by molar-refractivity contribution is 0.0718. The Morgan fingerprint density at radius 2 is 1.89 bits per heavy atom. The topological polar surface area (TPSA) is 66.5 Å². The van der Waals surface area contributed by atoms with E-state index in [1.54, 1.807) is 0 Å².